The van der Waals surface area contributed by atoms with E-state index in [9.17, 15) is 23.1 Å². The number of primary amides is 1. The lowest BCUT2D eigenvalue weighted by molar-refractivity contribution is -0.127. The fourth-order valence-corrected chi connectivity index (χ4v) is 6.50. The summed E-state index contributed by atoms with van der Waals surface area (Å²) in [5, 5.41) is 15.0. The van der Waals surface area contributed by atoms with E-state index in [0.29, 0.717) is 24.3 Å². The van der Waals surface area contributed by atoms with Gasteiger partial charge in [-0.05, 0) is 55.0 Å². The standard InChI is InChI=1S/C27H34ClN3O5S/c1-17(2)12-13-31(37(35,36)20-10-8-19(28)9-11-20)16-24(32)27(15-23(27)18-6-4-3-5-7-18)30-26(34)22-14-21(22)25(29)33/h3-11,17,21-24,32H,12-16H2,1-2H3,(H2,29,33)(H,30,34)/t21?,22?,23?,24-,27+/m1/s1. The zero-order valence-corrected chi connectivity index (χ0v) is 22.6. The van der Waals surface area contributed by atoms with Crippen molar-refractivity contribution in [3.05, 3.63) is 65.2 Å². The van der Waals surface area contributed by atoms with Crippen molar-refractivity contribution in [3.63, 3.8) is 0 Å². The van der Waals surface area contributed by atoms with E-state index in [1.54, 1.807) is 0 Å². The predicted molar refractivity (Wildman–Crippen MR) is 141 cm³/mol. The number of hydrogen-bond donors (Lipinski definition) is 3. The molecule has 2 aliphatic carbocycles. The zero-order valence-electron chi connectivity index (χ0n) is 21.0. The molecule has 4 N–H and O–H groups in total. The van der Waals surface area contributed by atoms with E-state index < -0.39 is 39.4 Å². The SMILES string of the molecule is CC(C)CCN(C[C@@H](O)[C@]1(NC(=O)C2CC2C(N)=O)CC1c1ccccc1)S(=O)(=O)c1ccc(Cl)cc1. The Morgan fingerprint density at radius 2 is 1.78 bits per heavy atom. The Bertz CT molecular complexity index is 1240. The third kappa shape index (κ3) is 6.00. The summed E-state index contributed by atoms with van der Waals surface area (Å²) in [5.41, 5.74) is 5.27. The van der Waals surface area contributed by atoms with Crippen molar-refractivity contribution in [1.82, 2.24) is 9.62 Å². The van der Waals surface area contributed by atoms with Crippen molar-refractivity contribution >= 4 is 33.4 Å². The van der Waals surface area contributed by atoms with Gasteiger partial charge in [-0.15, -0.1) is 0 Å². The van der Waals surface area contributed by atoms with Crippen molar-refractivity contribution in [2.45, 2.75) is 55.6 Å². The number of rotatable bonds is 12. The molecule has 0 bridgehead atoms. The molecule has 5 atom stereocenters. The molecule has 3 unspecified atom stereocenters. The van der Waals surface area contributed by atoms with Gasteiger partial charge in [0.05, 0.1) is 28.4 Å². The molecule has 2 aromatic carbocycles. The fourth-order valence-electron chi connectivity index (χ4n) is 4.91. The first-order chi connectivity index (χ1) is 17.5. The first-order valence-corrected chi connectivity index (χ1v) is 14.4. The number of nitrogens with two attached hydrogens (primary N) is 1. The summed E-state index contributed by atoms with van der Waals surface area (Å²) >= 11 is 5.96. The van der Waals surface area contributed by atoms with Crippen LogP contribution in [0.4, 0.5) is 0 Å². The van der Waals surface area contributed by atoms with E-state index in [0.717, 1.165) is 5.56 Å². The Labute approximate surface area is 223 Å². The van der Waals surface area contributed by atoms with Gasteiger partial charge in [0, 0.05) is 24.0 Å². The summed E-state index contributed by atoms with van der Waals surface area (Å²) in [7, 11) is -3.93. The highest BCUT2D eigenvalue weighted by Crippen LogP contribution is 2.54. The Balaban J connectivity index is 1.60. The largest absolute Gasteiger partial charge is 0.389 e. The van der Waals surface area contributed by atoms with E-state index in [1.165, 1.54) is 28.6 Å². The monoisotopic (exact) mass is 547 g/mol. The van der Waals surface area contributed by atoms with Gasteiger partial charge in [-0.25, -0.2) is 8.42 Å². The Hall–Kier alpha value is -2.46. The molecule has 0 heterocycles. The Morgan fingerprint density at radius 1 is 1.14 bits per heavy atom. The molecule has 2 saturated carbocycles. The fraction of sp³-hybridized carbons (Fsp3) is 0.481. The number of sulfonamides is 1. The summed E-state index contributed by atoms with van der Waals surface area (Å²) in [6.45, 7) is 4.03. The smallest absolute Gasteiger partial charge is 0.243 e. The van der Waals surface area contributed by atoms with Gasteiger partial charge >= 0.3 is 0 Å². The summed E-state index contributed by atoms with van der Waals surface area (Å²) in [6, 6.07) is 15.4. The molecule has 10 heteroatoms. The van der Waals surface area contributed by atoms with Gasteiger partial charge in [-0.3, -0.25) is 9.59 Å². The van der Waals surface area contributed by atoms with E-state index in [4.69, 9.17) is 17.3 Å². The molecule has 2 aliphatic rings. The van der Waals surface area contributed by atoms with Crippen LogP contribution in [0.25, 0.3) is 0 Å². The maximum atomic E-state index is 13.6. The highest BCUT2D eigenvalue weighted by atomic mass is 35.5. The van der Waals surface area contributed by atoms with Crippen LogP contribution < -0.4 is 11.1 Å². The average molecular weight is 548 g/mol. The van der Waals surface area contributed by atoms with E-state index in [1.807, 2.05) is 44.2 Å². The summed E-state index contributed by atoms with van der Waals surface area (Å²) < 4.78 is 28.5. The molecular weight excluding hydrogens is 514 g/mol. The number of carbonyl (C=O) groups is 2. The molecule has 0 aromatic heterocycles. The van der Waals surface area contributed by atoms with Crippen molar-refractivity contribution in [2.24, 2.45) is 23.5 Å². The van der Waals surface area contributed by atoms with Gasteiger partial charge in [0.25, 0.3) is 0 Å². The van der Waals surface area contributed by atoms with E-state index in [2.05, 4.69) is 5.32 Å². The zero-order chi connectivity index (χ0) is 27.0. The number of nitrogens with zero attached hydrogens (tertiary/aromatic N) is 1. The van der Waals surface area contributed by atoms with Gasteiger partial charge in [-0.1, -0.05) is 55.8 Å². The number of amides is 2. The minimum Gasteiger partial charge on any atom is -0.389 e. The lowest BCUT2D eigenvalue weighted by Gasteiger charge is -2.31. The average Bonchev–Trinajstić information content (AvgIpc) is 3.76. The van der Waals surface area contributed by atoms with Gasteiger partial charge in [-0.2, -0.15) is 4.31 Å². The van der Waals surface area contributed by atoms with E-state index in [-0.39, 0.29) is 35.7 Å². The van der Waals surface area contributed by atoms with Crippen LogP contribution in [0.1, 0.15) is 44.6 Å². The normalized spacial score (nSPS) is 25.6. The second kappa shape index (κ2) is 10.7. The quantitative estimate of drug-likeness (QED) is 0.376. The number of carbonyl (C=O) groups excluding carboxylic acids is 2. The summed E-state index contributed by atoms with van der Waals surface area (Å²) in [6.07, 6.45) is 0.261. The van der Waals surface area contributed by atoms with Gasteiger partial charge in [0.15, 0.2) is 0 Å². The number of halogens is 1. The molecular formula is C27H34ClN3O5S. The maximum Gasteiger partial charge on any atom is 0.243 e. The van der Waals surface area contributed by atoms with Gasteiger partial charge < -0.3 is 16.2 Å². The maximum absolute atomic E-state index is 13.6. The number of aliphatic hydroxyl groups is 1. The lowest BCUT2D eigenvalue weighted by atomic mass is 10.00. The van der Waals surface area contributed by atoms with Crippen LogP contribution >= 0.6 is 11.6 Å². The van der Waals surface area contributed by atoms with Crippen molar-refractivity contribution in [3.8, 4) is 0 Å². The van der Waals surface area contributed by atoms with Crippen molar-refractivity contribution < 1.29 is 23.1 Å². The molecule has 0 aliphatic heterocycles. The third-order valence-electron chi connectivity index (χ3n) is 7.43. The van der Waals surface area contributed by atoms with E-state index >= 15 is 0 Å². The minimum absolute atomic E-state index is 0.0867. The van der Waals surface area contributed by atoms with Crippen LogP contribution in [0, 0.1) is 17.8 Å². The predicted octanol–water partition coefficient (Wildman–Crippen LogP) is 2.90. The second-order valence-corrected chi connectivity index (χ2v) is 12.9. The number of aliphatic hydroxyl groups excluding tert-OH is 1. The van der Waals surface area contributed by atoms with Crippen LogP contribution in [0.5, 0.6) is 0 Å². The van der Waals surface area contributed by atoms with Crippen LogP contribution in [-0.4, -0.2) is 54.4 Å². The Kier molecular flexibility index (Phi) is 7.99. The lowest BCUT2D eigenvalue weighted by Crippen LogP contribution is -2.53. The minimum atomic E-state index is -3.93. The number of benzene rings is 2. The molecule has 2 aromatic rings. The highest BCUT2D eigenvalue weighted by Gasteiger charge is 2.62. The molecule has 8 nitrogen and oxygen atoms in total. The summed E-state index contributed by atoms with van der Waals surface area (Å²) in [5.74, 6) is -1.82. The second-order valence-electron chi connectivity index (χ2n) is 10.6. The number of hydrogen-bond acceptors (Lipinski definition) is 5. The molecule has 0 radical (unpaired) electrons. The first kappa shape index (κ1) is 27.6. The topological polar surface area (TPSA) is 130 Å². The number of nitrogens with one attached hydrogen (secondary N) is 1. The van der Waals surface area contributed by atoms with Crippen molar-refractivity contribution in [1.29, 1.82) is 0 Å². The highest BCUT2D eigenvalue weighted by molar-refractivity contribution is 7.89. The molecule has 0 spiro atoms. The molecule has 37 heavy (non-hydrogen) atoms. The summed E-state index contributed by atoms with van der Waals surface area (Å²) in [4.78, 5) is 24.6. The van der Waals surface area contributed by atoms with Gasteiger partial charge in [0.1, 0.15) is 0 Å². The molecule has 2 fully saturated rings. The van der Waals surface area contributed by atoms with Crippen LogP contribution in [0.3, 0.4) is 0 Å². The molecule has 200 valence electrons. The molecule has 2 amide bonds. The van der Waals surface area contributed by atoms with Crippen LogP contribution in [0.2, 0.25) is 5.02 Å². The Morgan fingerprint density at radius 3 is 2.35 bits per heavy atom. The first-order valence-electron chi connectivity index (χ1n) is 12.6. The van der Waals surface area contributed by atoms with Gasteiger partial charge in [0.2, 0.25) is 21.8 Å². The van der Waals surface area contributed by atoms with Crippen LogP contribution in [0.15, 0.2) is 59.5 Å². The molecule has 0 saturated heterocycles. The third-order valence-corrected chi connectivity index (χ3v) is 9.56. The van der Waals surface area contributed by atoms with Crippen molar-refractivity contribution in [2.75, 3.05) is 13.1 Å². The molecule has 4 rings (SSSR count). The van der Waals surface area contributed by atoms with Crippen LogP contribution in [-0.2, 0) is 19.6 Å².